The number of quaternary nitrogens is 1. The van der Waals surface area contributed by atoms with Crippen molar-refractivity contribution in [1.29, 1.82) is 0 Å². The predicted octanol–water partition coefficient (Wildman–Crippen LogP) is 4.22. The first-order chi connectivity index (χ1) is 12.2. The maximum Gasteiger partial charge on any atom is 0.104 e. The van der Waals surface area contributed by atoms with Gasteiger partial charge in [0.25, 0.3) is 0 Å². The Hall–Kier alpha value is -0.790. The molecule has 0 N–H and O–H groups in total. The lowest BCUT2D eigenvalue weighted by molar-refractivity contribution is -0.941. The number of rotatable bonds is 15. The second-order valence-electron chi connectivity index (χ2n) is 7.74. The van der Waals surface area contributed by atoms with Crippen LogP contribution in [0.2, 0.25) is 0 Å². The maximum atomic E-state index is 3.88. The fraction of sp³-hybridized carbons (Fsp3) is 0.667. The van der Waals surface area contributed by atoms with Crippen LogP contribution in [0, 0.1) is 0 Å². The third kappa shape index (κ3) is 9.78. The molecule has 1 aromatic rings. The van der Waals surface area contributed by atoms with Gasteiger partial charge in [0.1, 0.15) is 6.54 Å². The summed E-state index contributed by atoms with van der Waals surface area (Å²) in [5, 5.41) is 0. The molecule has 0 atom stereocenters. The van der Waals surface area contributed by atoms with E-state index in [0.29, 0.717) is 0 Å². The molecule has 0 radical (unpaired) electrons. The first-order valence-corrected chi connectivity index (χ1v) is 10.8. The predicted molar refractivity (Wildman–Crippen MR) is 114 cm³/mol. The van der Waals surface area contributed by atoms with Crippen molar-refractivity contribution in [3.63, 3.8) is 0 Å². The highest BCUT2D eigenvalue weighted by Gasteiger charge is 2.26. The topological polar surface area (TPSA) is 0 Å². The molecule has 1 rings (SSSR count). The highest BCUT2D eigenvalue weighted by molar-refractivity contribution is 5.47. The van der Waals surface area contributed by atoms with Crippen LogP contribution in [0.5, 0.6) is 0 Å². The first kappa shape index (κ1) is 25.2. The summed E-state index contributed by atoms with van der Waals surface area (Å²) in [7, 11) is 0. The lowest BCUT2D eigenvalue weighted by Crippen LogP contribution is -3.00. The van der Waals surface area contributed by atoms with Crippen LogP contribution in [-0.4, -0.2) is 24.1 Å². The van der Waals surface area contributed by atoms with Crippen molar-refractivity contribution in [2.24, 2.45) is 0 Å². The van der Waals surface area contributed by atoms with Crippen molar-refractivity contribution in [2.75, 3.05) is 19.6 Å². The van der Waals surface area contributed by atoms with Gasteiger partial charge in [-0.05, 0) is 44.1 Å². The number of unbranched alkanes of at least 4 members (excludes halogenated alkanes) is 6. The zero-order valence-corrected chi connectivity index (χ0v) is 18.4. The Balaban J connectivity index is 0.00000625. The van der Waals surface area contributed by atoms with Gasteiger partial charge in [-0.2, -0.15) is 0 Å². The van der Waals surface area contributed by atoms with Crippen molar-refractivity contribution in [1.82, 2.24) is 0 Å². The normalized spacial score (nSPS) is 11.2. The van der Waals surface area contributed by atoms with E-state index in [1.807, 2.05) is 6.08 Å². The Labute approximate surface area is 169 Å². The third-order valence-electron chi connectivity index (χ3n) is 5.44. The van der Waals surface area contributed by atoms with Crippen molar-refractivity contribution in [2.45, 2.75) is 85.1 Å². The summed E-state index contributed by atoms with van der Waals surface area (Å²) in [5.74, 6) is 0. The molecule has 0 amide bonds. The largest absolute Gasteiger partial charge is 1.00 e. The smallest absolute Gasteiger partial charge is 0.104 e. The summed E-state index contributed by atoms with van der Waals surface area (Å²) in [5.41, 5.74) is 2.72. The Morgan fingerprint density at radius 3 is 1.50 bits per heavy atom. The van der Waals surface area contributed by atoms with Crippen LogP contribution in [0.15, 0.2) is 30.8 Å². The zero-order valence-electron chi connectivity index (χ0n) is 17.6. The Kier molecular flexibility index (Phi) is 14.8. The molecule has 0 bridgehead atoms. The SMILES string of the molecule is C=Cc1ccc(C[N+](CCCCC)(CCCCC)CCCCC)cc1.[Cl-]. The molecule has 1 nitrogen and oxygen atoms in total. The van der Waals surface area contributed by atoms with Gasteiger partial charge >= 0.3 is 0 Å². The summed E-state index contributed by atoms with van der Waals surface area (Å²) in [6, 6.07) is 9.09. The van der Waals surface area contributed by atoms with Crippen molar-refractivity contribution in [3.8, 4) is 0 Å². The second-order valence-corrected chi connectivity index (χ2v) is 7.74. The quantitative estimate of drug-likeness (QED) is 0.316. The van der Waals surface area contributed by atoms with Gasteiger partial charge in [0, 0.05) is 5.56 Å². The van der Waals surface area contributed by atoms with Gasteiger partial charge in [-0.1, -0.05) is 77.0 Å². The van der Waals surface area contributed by atoms with E-state index < -0.39 is 0 Å². The minimum Gasteiger partial charge on any atom is -1.00 e. The van der Waals surface area contributed by atoms with E-state index in [1.54, 1.807) is 0 Å². The van der Waals surface area contributed by atoms with E-state index in [0.717, 1.165) is 0 Å². The molecule has 2 heteroatoms. The Morgan fingerprint density at radius 1 is 0.731 bits per heavy atom. The summed E-state index contributed by atoms with van der Waals surface area (Å²) >= 11 is 0. The molecule has 0 aliphatic carbocycles. The molecular formula is C24H42ClN. The van der Waals surface area contributed by atoms with Crippen LogP contribution in [-0.2, 0) is 6.54 Å². The van der Waals surface area contributed by atoms with Gasteiger partial charge < -0.3 is 16.9 Å². The molecule has 150 valence electrons. The highest BCUT2D eigenvalue weighted by Crippen LogP contribution is 2.21. The molecule has 0 heterocycles. The van der Waals surface area contributed by atoms with Gasteiger partial charge in [0.2, 0.25) is 0 Å². The van der Waals surface area contributed by atoms with Crippen LogP contribution in [0.3, 0.4) is 0 Å². The van der Waals surface area contributed by atoms with Crippen LogP contribution >= 0.6 is 0 Å². The number of hydrogen-bond acceptors (Lipinski definition) is 0. The lowest BCUT2D eigenvalue weighted by atomic mass is 10.1. The maximum absolute atomic E-state index is 3.88. The fourth-order valence-electron chi connectivity index (χ4n) is 3.81. The molecule has 0 fully saturated rings. The van der Waals surface area contributed by atoms with E-state index in [-0.39, 0.29) is 12.4 Å². The van der Waals surface area contributed by atoms with E-state index in [4.69, 9.17) is 0 Å². The molecular weight excluding hydrogens is 338 g/mol. The minimum absolute atomic E-state index is 0. The second kappa shape index (κ2) is 15.3. The van der Waals surface area contributed by atoms with Crippen LogP contribution in [0.1, 0.15) is 89.7 Å². The van der Waals surface area contributed by atoms with Crippen molar-refractivity contribution >= 4 is 6.08 Å². The molecule has 0 unspecified atom stereocenters. The van der Waals surface area contributed by atoms with Gasteiger partial charge in [-0.15, -0.1) is 0 Å². The van der Waals surface area contributed by atoms with E-state index in [2.05, 4.69) is 51.6 Å². The van der Waals surface area contributed by atoms with Crippen molar-refractivity contribution in [3.05, 3.63) is 42.0 Å². The lowest BCUT2D eigenvalue weighted by Gasteiger charge is -2.39. The molecule has 0 saturated heterocycles. The highest BCUT2D eigenvalue weighted by atomic mass is 35.5. The molecule has 0 aromatic heterocycles. The number of benzene rings is 1. The Morgan fingerprint density at radius 2 is 1.15 bits per heavy atom. The molecule has 0 aliphatic heterocycles. The first-order valence-electron chi connectivity index (χ1n) is 10.8. The summed E-state index contributed by atoms with van der Waals surface area (Å²) < 4.78 is 1.30. The molecule has 1 aromatic carbocycles. The average Bonchev–Trinajstić information content (AvgIpc) is 2.63. The third-order valence-corrected chi connectivity index (χ3v) is 5.44. The number of hydrogen-bond donors (Lipinski definition) is 0. The Bertz CT molecular complexity index is 425. The van der Waals surface area contributed by atoms with Gasteiger partial charge in [0.05, 0.1) is 19.6 Å². The summed E-state index contributed by atoms with van der Waals surface area (Å²) in [4.78, 5) is 0. The standard InChI is InChI=1S/C24H42N.ClH/c1-5-9-12-19-25(20-13-10-6-2,21-14-11-7-3)22-24-17-15-23(8-4)16-18-24;/h8,15-18H,4-7,9-14,19-22H2,1-3H3;1H/q+1;/p-1. The molecule has 0 aliphatic rings. The van der Waals surface area contributed by atoms with E-state index in [9.17, 15) is 0 Å². The van der Waals surface area contributed by atoms with Crippen LogP contribution in [0.25, 0.3) is 6.08 Å². The number of halogens is 1. The van der Waals surface area contributed by atoms with Crippen LogP contribution in [0.4, 0.5) is 0 Å². The van der Waals surface area contributed by atoms with Gasteiger partial charge in [-0.3, -0.25) is 0 Å². The summed E-state index contributed by atoms with van der Waals surface area (Å²) in [6.45, 7) is 16.1. The van der Waals surface area contributed by atoms with Gasteiger partial charge in [0.15, 0.2) is 0 Å². The molecule has 26 heavy (non-hydrogen) atoms. The number of nitrogens with zero attached hydrogens (tertiary/aromatic N) is 1. The van der Waals surface area contributed by atoms with Crippen LogP contribution < -0.4 is 12.4 Å². The van der Waals surface area contributed by atoms with E-state index >= 15 is 0 Å². The monoisotopic (exact) mass is 379 g/mol. The van der Waals surface area contributed by atoms with E-state index in [1.165, 1.54) is 99.6 Å². The summed E-state index contributed by atoms with van der Waals surface area (Å²) in [6.07, 6.45) is 14.1. The fourth-order valence-corrected chi connectivity index (χ4v) is 3.81. The average molecular weight is 380 g/mol. The molecule has 0 spiro atoms. The zero-order chi connectivity index (χ0) is 18.4. The van der Waals surface area contributed by atoms with Gasteiger partial charge in [-0.25, -0.2) is 0 Å². The molecule has 0 saturated carbocycles. The van der Waals surface area contributed by atoms with Crippen molar-refractivity contribution < 1.29 is 16.9 Å². The minimum atomic E-state index is 0.